The van der Waals surface area contributed by atoms with Gasteiger partial charge in [0.1, 0.15) is 5.75 Å². The van der Waals surface area contributed by atoms with Gasteiger partial charge in [0.05, 0.1) is 37.8 Å². The van der Waals surface area contributed by atoms with Gasteiger partial charge in [-0.3, -0.25) is 4.79 Å². The first-order valence-electron chi connectivity index (χ1n) is 14.0. The molecular formula is C30H35F2N5O4. The molecule has 0 bridgehead atoms. The quantitative estimate of drug-likeness (QED) is 0.415. The number of aromatic nitrogens is 2. The van der Waals surface area contributed by atoms with Crippen LogP contribution >= 0.6 is 0 Å². The van der Waals surface area contributed by atoms with Crippen LogP contribution in [0.3, 0.4) is 0 Å². The molecule has 1 aromatic heterocycles. The van der Waals surface area contributed by atoms with Gasteiger partial charge in [0.25, 0.3) is 5.91 Å². The van der Waals surface area contributed by atoms with Gasteiger partial charge >= 0.3 is 6.09 Å². The van der Waals surface area contributed by atoms with Gasteiger partial charge in [-0.1, -0.05) is 43.2 Å². The Kier molecular flexibility index (Phi) is 9.13. The van der Waals surface area contributed by atoms with E-state index in [-0.39, 0.29) is 36.4 Å². The Hall–Kier alpha value is -3.99. The Balaban J connectivity index is 1.40. The molecule has 0 spiro atoms. The number of imidazole rings is 1. The van der Waals surface area contributed by atoms with Crippen molar-refractivity contribution in [1.29, 1.82) is 0 Å². The van der Waals surface area contributed by atoms with Gasteiger partial charge in [0, 0.05) is 43.7 Å². The van der Waals surface area contributed by atoms with Gasteiger partial charge in [0.2, 0.25) is 0 Å². The van der Waals surface area contributed by atoms with Crippen LogP contribution in [0.15, 0.2) is 54.9 Å². The number of piperazine rings is 1. The van der Waals surface area contributed by atoms with Crippen molar-refractivity contribution < 1.29 is 27.8 Å². The minimum Gasteiger partial charge on any atom is -0.493 e. The van der Waals surface area contributed by atoms with Crippen LogP contribution in [0, 0.1) is 11.6 Å². The maximum absolute atomic E-state index is 14.1. The lowest BCUT2D eigenvalue weighted by molar-refractivity contribution is 0.0601. The predicted octanol–water partition coefficient (Wildman–Crippen LogP) is 4.55. The number of nitrogens with one attached hydrogen (secondary N) is 2. The van der Waals surface area contributed by atoms with Crippen molar-refractivity contribution in [1.82, 2.24) is 25.1 Å². The molecule has 9 nitrogen and oxygen atoms in total. The first-order chi connectivity index (χ1) is 20.0. The molecule has 3 aromatic rings. The number of methoxy groups -OCH3 is 1. The monoisotopic (exact) mass is 567 g/mol. The van der Waals surface area contributed by atoms with Gasteiger partial charge in [-0.25, -0.2) is 18.6 Å². The largest absolute Gasteiger partial charge is 0.493 e. The van der Waals surface area contributed by atoms with E-state index in [1.165, 1.54) is 13.2 Å². The molecule has 2 heterocycles. The second-order valence-electron chi connectivity index (χ2n) is 10.4. The summed E-state index contributed by atoms with van der Waals surface area (Å²) >= 11 is 0. The number of alkyl carbamates (subject to hydrolysis) is 1. The minimum atomic E-state index is -0.968. The molecule has 2 amide bonds. The highest BCUT2D eigenvalue weighted by Crippen LogP contribution is 2.35. The van der Waals surface area contributed by atoms with E-state index in [1.54, 1.807) is 6.33 Å². The average molecular weight is 568 g/mol. The predicted molar refractivity (Wildman–Crippen MR) is 149 cm³/mol. The van der Waals surface area contributed by atoms with Crippen molar-refractivity contribution in [3.05, 3.63) is 72.2 Å². The molecule has 3 atom stereocenters. The number of nitrogens with zero attached hydrogens (tertiary/aromatic N) is 3. The summed E-state index contributed by atoms with van der Waals surface area (Å²) < 4.78 is 39.4. The molecule has 1 aliphatic heterocycles. The van der Waals surface area contributed by atoms with Crippen molar-refractivity contribution in [2.45, 2.75) is 50.2 Å². The van der Waals surface area contributed by atoms with E-state index >= 15 is 0 Å². The van der Waals surface area contributed by atoms with E-state index in [9.17, 15) is 18.4 Å². The van der Waals surface area contributed by atoms with E-state index in [0.29, 0.717) is 31.7 Å². The lowest BCUT2D eigenvalue weighted by Crippen LogP contribution is -2.54. The number of benzene rings is 2. The molecule has 218 valence electrons. The van der Waals surface area contributed by atoms with Crippen LogP contribution in [-0.2, 0) is 4.74 Å². The van der Waals surface area contributed by atoms with E-state index in [4.69, 9.17) is 9.47 Å². The Labute approximate surface area is 237 Å². The molecule has 41 heavy (non-hydrogen) atoms. The maximum atomic E-state index is 14.1. The number of ether oxygens (including phenoxy) is 2. The van der Waals surface area contributed by atoms with Crippen LogP contribution in [0.2, 0.25) is 0 Å². The normalized spacial score (nSPS) is 20.9. The second kappa shape index (κ2) is 13.1. The molecule has 1 aliphatic carbocycles. The number of rotatable bonds is 8. The SMILES string of the molecule is COC(=O)N[C@H]1CCCCC1n1cnc(C(=O)N2CCNC[C@H]2CCOc2ccc(F)c(F)c2)c1-c1ccccc1. The van der Waals surface area contributed by atoms with E-state index in [0.717, 1.165) is 49.1 Å². The van der Waals surface area contributed by atoms with Crippen LogP contribution < -0.4 is 15.4 Å². The van der Waals surface area contributed by atoms with Crippen molar-refractivity contribution in [2.24, 2.45) is 0 Å². The van der Waals surface area contributed by atoms with Crippen molar-refractivity contribution in [2.75, 3.05) is 33.4 Å². The third-order valence-corrected chi connectivity index (χ3v) is 7.84. The number of carbonyl (C=O) groups is 2. The number of amides is 2. The fourth-order valence-corrected chi connectivity index (χ4v) is 5.78. The molecule has 1 saturated heterocycles. The zero-order chi connectivity index (χ0) is 28.8. The number of carbonyl (C=O) groups excluding carboxylic acids is 2. The summed E-state index contributed by atoms with van der Waals surface area (Å²) in [7, 11) is 1.35. The zero-order valence-electron chi connectivity index (χ0n) is 23.0. The summed E-state index contributed by atoms with van der Waals surface area (Å²) in [5.74, 6) is -1.85. The summed E-state index contributed by atoms with van der Waals surface area (Å²) in [6, 6.07) is 12.7. The molecule has 2 aromatic carbocycles. The molecule has 1 saturated carbocycles. The van der Waals surface area contributed by atoms with Gasteiger partial charge in [-0.2, -0.15) is 0 Å². The van der Waals surface area contributed by atoms with Crippen LogP contribution in [0.5, 0.6) is 5.75 Å². The van der Waals surface area contributed by atoms with E-state index in [2.05, 4.69) is 15.6 Å². The summed E-state index contributed by atoms with van der Waals surface area (Å²) in [6.45, 7) is 1.93. The summed E-state index contributed by atoms with van der Waals surface area (Å²) in [4.78, 5) is 32.7. The highest BCUT2D eigenvalue weighted by atomic mass is 19.2. The first kappa shape index (κ1) is 28.5. The fourth-order valence-electron chi connectivity index (χ4n) is 5.78. The van der Waals surface area contributed by atoms with Crippen LogP contribution in [-0.4, -0.2) is 71.9 Å². The Morgan fingerprint density at radius 1 is 1.10 bits per heavy atom. The van der Waals surface area contributed by atoms with E-state index < -0.39 is 17.7 Å². The highest BCUT2D eigenvalue weighted by molar-refractivity contribution is 5.98. The lowest BCUT2D eigenvalue weighted by atomic mass is 9.89. The first-order valence-corrected chi connectivity index (χ1v) is 14.0. The van der Waals surface area contributed by atoms with Crippen LogP contribution in [0.4, 0.5) is 13.6 Å². The molecule has 11 heteroatoms. The van der Waals surface area contributed by atoms with Gasteiger partial charge < -0.3 is 29.6 Å². The fraction of sp³-hybridized carbons (Fsp3) is 0.433. The Bertz CT molecular complexity index is 1350. The molecule has 2 N–H and O–H groups in total. The lowest BCUT2D eigenvalue weighted by Gasteiger charge is -2.36. The Morgan fingerprint density at radius 3 is 2.68 bits per heavy atom. The molecule has 5 rings (SSSR count). The number of halogens is 2. The smallest absolute Gasteiger partial charge is 0.407 e. The third kappa shape index (κ3) is 6.51. The highest BCUT2D eigenvalue weighted by Gasteiger charge is 2.35. The summed E-state index contributed by atoms with van der Waals surface area (Å²) in [6.07, 6.45) is 5.34. The Morgan fingerprint density at radius 2 is 1.90 bits per heavy atom. The van der Waals surface area contributed by atoms with Gasteiger partial charge in [0.15, 0.2) is 17.3 Å². The molecule has 2 aliphatic rings. The topological polar surface area (TPSA) is 97.7 Å². The van der Waals surface area contributed by atoms with Crippen LogP contribution in [0.25, 0.3) is 11.3 Å². The standard InChI is InChI=1S/C30H35F2N5O4/c1-40-30(39)35-25-9-5-6-10-26(25)37-19-34-27(28(37)20-7-3-2-4-8-20)29(38)36-15-14-33-18-21(36)13-16-41-22-11-12-23(31)24(32)17-22/h2-4,7-8,11-12,17,19,21,25-26,33H,5-6,9-10,13-16,18H2,1H3,(H,35,39)/t21-,25+,26?/m1/s1. The number of hydrogen-bond donors (Lipinski definition) is 2. The zero-order valence-corrected chi connectivity index (χ0v) is 23.0. The van der Waals surface area contributed by atoms with E-state index in [1.807, 2.05) is 39.8 Å². The van der Waals surface area contributed by atoms with Crippen molar-refractivity contribution >= 4 is 12.0 Å². The van der Waals surface area contributed by atoms with Crippen molar-refractivity contribution in [3.8, 4) is 17.0 Å². The molecule has 1 unspecified atom stereocenters. The minimum absolute atomic E-state index is 0.0876. The van der Waals surface area contributed by atoms with Gasteiger partial charge in [-0.15, -0.1) is 0 Å². The van der Waals surface area contributed by atoms with Crippen molar-refractivity contribution in [3.63, 3.8) is 0 Å². The van der Waals surface area contributed by atoms with Gasteiger partial charge in [-0.05, 0) is 25.0 Å². The van der Waals surface area contributed by atoms with Crippen LogP contribution in [0.1, 0.15) is 48.6 Å². The molecule has 0 radical (unpaired) electrons. The summed E-state index contributed by atoms with van der Waals surface area (Å²) in [5.41, 5.74) is 1.94. The molecule has 2 fully saturated rings. The number of hydrogen-bond acceptors (Lipinski definition) is 6. The second-order valence-corrected chi connectivity index (χ2v) is 10.4. The maximum Gasteiger partial charge on any atom is 0.407 e. The third-order valence-electron chi connectivity index (χ3n) is 7.84. The average Bonchev–Trinajstić information content (AvgIpc) is 3.44. The summed E-state index contributed by atoms with van der Waals surface area (Å²) in [5, 5.41) is 6.31. The molecular weight excluding hydrogens is 532 g/mol.